The number of quaternary nitrogens is 1. The van der Waals surface area contributed by atoms with Crippen LogP contribution in [-0.2, 0) is 6.18 Å². The van der Waals surface area contributed by atoms with Crippen LogP contribution in [0.25, 0.3) is 0 Å². The van der Waals surface area contributed by atoms with E-state index >= 15 is 0 Å². The highest BCUT2D eigenvalue weighted by Crippen LogP contribution is 2.45. The van der Waals surface area contributed by atoms with Crippen LogP contribution in [0, 0.1) is 0 Å². The van der Waals surface area contributed by atoms with Crippen LogP contribution in [0.1, 0.15) is 36.4 Å². The van der Waals surface area contributed by atoms with Crippen LogP contribution >= 0.6 is 11.6 Å². The standard InChI is InChI=1S/C21H21ClF3N3O2/c22-16-3-1-2-15-17(26)12-20(30-18(15)16)8-10-28(11-9-20)19(29)27-14-6-4-13(5-7-14)21(23,24)25/h1-7,17H,8-12,26H2,(H,27,29)/p+1. The molecule has 1 saturated heterocycles. The van der Waals surface area contributed by atoms with Gasteiger partial charge in [0, 0.05) is 38.0 Å². The molecule has 4 rings (SSSR count). The summed E-state index contributed by atoms with van der Waals surface area (Å²) < 4.78 is 44.3. The lowest BCUT2D eigenvalue weighted by molar-refractivity contribution is -0.437. The van der Waals surface area contributed by atoms with Crippen molar-refractivity contribution in [3.8, 4) is 5.75 Å². The minimum Gasteiger partial charge on any atom is -0.485 e. The fraction of sp³-hybridized carbons (Fsp3) is 0.381. The Kier molecular flexibility index (Phi) is 5.32. The third-order valence-electron chi connectivity index (χ3n) is 5.80. The molecule has 30 heavy (non-hydrogen) atoms. The topological polar surface area (TPSA) is 69.2 Å². The van der Waals surface area contributed by atoms with Crippen LogP contribution in [0.2, 0.25) is 5.02 Å². The molecule has 2 heterocycles. The Bertz CT molecular complexity index is 942. The van der Waals surface area contributed by atoms with Crippen LogP contribution in [0.15, 0.2) is 42.5 Å². The second kappa shape index (κ2) is 7.67. The molecule has 5 nitrogen and oxygen atoms in total. The smallest absolute Gasteiger partial charge is 0.416 e. The Morgan fingerprint density at radius 3 is 2.47 bits per heavy atom. The van der Waals surface area contributed by atoms with Crippen LogP contribution in [0.3, 0.4) is 0 Å². The third-order valence-corrected chi connectivity index (χ3v) is 6.10. The molecule has 1 atom stereocenters. The van der Waals surface area contributed by atoms with E-state index in [-0.39, 0.29) is 12.1 Å². The van der Waals surface area contributed by atoms with Crippen molar-refractivity contribution in [1.82, 2.24) is 4.90 Å². The largest absolute Gasteiger partial charge is 0.485 e. The monoisotopic (exact) mass is 440 g/mol. The fourth-order valence-electron chi connectivity index (χ4n) is 4.14. The summed E-state index contributed by atoms with van der Waals surface area (Å²) in [5.41, 5.74) is 4.39. The van der Waals surface area contributed by atoms with Crippen molar-refractivity contribution in [3.63, 3.8) is 0 Å². The van der Waals surface area contributed by atoms with Gasteiger partial charge in [0.05, 0.1) is 16.1 Å². The van der Waals surface area contributed by atoms with E-state index in [9.17, 15) is 18.0 Å². The number of piperidine rings is 1. The number of para-hydroxylation sites is 1. The number of fused-ring (bicyclic) bond motifs is 1. The average molecular weight is 441 g/mol. The first-order valence-electron chi connectivity index (χ1n) is 9.71. The number of alkyl halides is 3. The van der Waals surface area contributed by atoms with Gasteiger partial charge in [-0.05, 0) is 36.4 Å². The first kappa shape index (κ1) is 20.8. The van der Waals surface area contributed by atoms with Gasteiger partial charge in [0.15, 0.2) is 0 Å². The highest BCUT2D eigenvalue weighted by molar-refractivity contribution is 6.32. The maximum absolute atomic E-state index is 12.7. The number of nitrogens with one attached hydrogen (secondary N) is 1. The summed E-state index contributed by atoms with van der Waals surface area (Å²) in [6.07, 6.45) is -2.40. The van der Waals surface area contributed by atoms with Gasteiger partial charge in [-0.2, -0.15) is 13.2 Å². The van der Waals surface area contributed by atoms with E-state index in [2.05, 4.69) is 11.1 Å². The van der Waals surface area contributed by atoms with Crippen molar-refractivity contribution in [2.24, 2.45) is 0 Å². The first-order valence-corrected chi connectivity index (χ1v) is 10.1. The van der Waals surface area contributed by atoms with E-state index in [0.717, 1.165) is 24.1 Å². The molecular formula is C21H22ClF3N3O2+. The lowest BCUT2D eigenvalue weighted by atomic mass is 9.81. The van der Waals surface area contributed by atoms with Crippen LogP contribution in [-0.4, -0.2) is 29.6 Å². The number of rotatable bonds is 1. The van der Waals surface area contributed by atoms with Crippen LogP contribution in [0.4, 0.5) is 23.7 Å². The highest BCUT2D eigenvalue weighted by Gasteiger charge is 2.45. The number of likely N-dealkylation sites (tertiary alicyclic amines) is 1. The van der Waals surface area contributed by atoms with Gasteiger partial charge < -0.3 is 20.7 Å². The molecule has 0 bridgehead atoms. The van der Waals surface area contributed by atoms with Crippen molar-refractivity contribution in [2.45, 2.75) is 37.1 Å². The molecule has 1 spiro atoms. The van der Waals surface area contributed by atoms with E-state index in [0.29, 0.717) is 42.4 Å². The number of carbonyl (C=O) groups excluding carboxylic acids is 1. The number of hydrogen-bond donors (Lipinski definition) is 2. The van der Waals surface area contributed by atoms with Gasteiger partial charge in [-0.1, -0.05) is 17.7 Å². The van der Waals surface area contributed by atoms with E-state index in [4.69, 9.17) is 16.3 Å². The molecule has 0 aromatic heterocycles. The normalized spacial score (nSPS) is 20.4. The number of ether oxygens (including phenoxy) is 1. The quantitative estimate of drug-likeness (QED) is 0.686. The minimum atomic E-state index is -4.41. The number of amides is 2. The zero-order chi connectivity index (χ0) is 21.5. The molecule has 2 aromatic rings. The Balaban J connectivity index is 1.39. The molecule has 0 radical (unpaired) electrons. The van der Waals surface area contributed by atoms with E-state index < -0.39 is 17.3 Å². The second-order valence-electron chi connectivity index (χ2n) is 7.84. The summed E-state index contributed by atoms with van der Waals surface area (Å²) in [4.78, 5) is 14.2. The summed E-state index contributed by atoms with van der Waals surface area (Å²) in [6, 6.07) is 9.76. The van der Waals surface area contributed by atoms with Crippen molar-refractivity contribution < 1.29 is 28.4 Å². The Labute approximate surface area is 176 Å². The molecule has 9 heteroatoms. The molecule has 0 aliphatic carbocycles. The lowest BCUT2D eigenvalue weighted by Crippen LogP contribution is -2.61. The van der Waals surface area contributed by atoms with Gasteiger partial charge in [0.1, 0.15) is 17.4 Å². The summed E-state index contributed by atoms with van der Waals surface area (Å²) in [6.45, 7) is 0.942. The van der Waals surface area contributed by atoms with Crippen molar-refractivity contribution in [3.05, 3.63) is 58.6 Å². The number of nitrogens with zero attached hydrogens (tertiary/aromatic N) is 1. The molecule has 1 fully saturated rings. The Morgan fingerprint density at radius 2 is 1.83 bits per heavy atom. The van der Waals surface area contributed by atoms with E-state index in [1.165, 1.54) is 12.1 Å². The number of urea groups is 1. The van der Waals surface area contributed by atoms with E-state index in [1.807, 2.05) is 12.1 Å². The minimum absolute atomic E-state index is 0.0555. The summed E-state index contributed by atoms with van der Waals surface area (Å²) in [5.74, 6) is 0.674. The summed E-state index contributed by atoms with van der Waals surface area (Å²) in [5, 5.41) is 3.22. The number of hydrogen-bond acceptors (Lipinski definition) is 2. The molecule has 2 aliphatic heterocycles. The number of halogens is 4. The van der Waals surface area contributed by atoms with Crippen LogP contribution < -0.4 is 15.8 Å². The number of carbonyl (C=O) groups is 1. The maximum Gasteiger partial charge on any atom is 0.416 e. The van der Waals surface area contributed by atoms with Gasteiger partial charge in [-0.25, -0.2) is 4.79 Å². The molecule has 1 unspecified atom stereocenters. The van der Waals surface area contributed by atoms with Crippen molar-refractivity contribution in [2.75, 3.05) is 18.4 Å². The molecule has 0 saturated carbocycles. The summed E-state index contributed by atoms with van der Waals surface area (Å²) in [7, 11) is 0. The van der Waals surface area contributed by atoms with Gasteiger partial charge in [-0.3, -0.25) is 0 Å². The zero-order valence-electron chi connectivity index (χ0n) is 16.1. The molecular weight excluding hydrogens is 419 g/mol. The molecule has 2 aromatic carbocycles. The fourth-order valence-corrected chi connectivity index (χ4v) is 4.36. The Morgan fingerprint density at radius 1 is 1.17 bits per heavy atom. The molecule has 2 amide bonds. The highest BCUT2D eigenvalue weighted by atomic mass is 35.5. The van der Waals surface area contributed by atoms with Crippen LogP contribution in [0.5, 0.6) is 5.75 Å². The predicted octanol–water partition coefficient (Wildman–Crippen LogP) is 4.49. The van der Waals surface area contributed by atoms with Gasteiger partial charge in [0.25, 0.3) is 0 Å². The number of benzene rings is 2. The van der Waals surface area contributed by atoms with Gasteiger partial charge in [-0.15, -0.1) is 0 Å². The maximum atomic E-state index is 12.7. The first-order chi connectivity index (χ1) is 14.2. The second-order valence-corrected chi connectivity index (χ2v) is 8.24. The summed E-state index contributed by atoms with van der Waals surface area (Å²) >= 11 is 6.32. The van der Waals surface area contributed by atoms with Crippen molar-refractivity contribution in [1.29, 1.82) is 0 Å². The predicted molar refractivity (Wildman–Crippen MR) is 106 cm³/mol. The third kappa shape index (κ3) is 4.06. The average Bonchev–Trinajstić information content (AvgIpc) is 2.69. The lowest BCUT2D eigenvalue weighted by Gasteiger charge is -2.45. The molecule has 4 N–H and O–H groups in total. The molecule has 2 aliphatic rings. The van der Waals surface area contributed by atoms with Crippen molar-refractivity contribution >= 4 is 23.3 Å². The van der Waals surface area contributed by atoms with E-state index in [1.54, 1.807) is 11.0 Å². The SMILES string of the molecule is [NH3+]C1CC2(CCN(C(=O)Nc3ccc(C(F)(F)F)cc3)CC2)Oc2c(Cl)cccc21. The van der Waals surface area contributed by atoms with Gasteiger partial charge >= 0.3 is 12.2 Å². The Hall–Kier alpha value is -2.45. The zero-order valence-corrected chi connectivity index (χ0v) is 16.9. The number of anilines is 1. The van der Waals surface area contributed by atoms with Gasteiger partial charge in [0.2, 0.25) is 0 Å². The molecule has 160 valence electrons.